The lowest BCUT2D eigenvalue weighted by atomic mass is 9.50. The Bertz CT molecular complexity index is 4820. The molecule has 14 aromatic carbocycles. The third kappa shape index (κ3) is 11.5. The van der Waals surface area contributed by atoms with E-state index in [0.29, 0.717) is 0 Å². The van der Waals surface area contributed by atoms with Crippen molar-refractivity contribution in [2.45, 2.75) is 30.1 Å². The average Bonchev–Trinajstić information content (AvgIpc) is 0.696. The van der Waals surface area contributed by atoms with E-state index in [1.54, 1.807) is 0 Å². The van der Waals surface area contributed by atoms with E-state index >= 15 is 0 Å². The summed E-state index contributed by atoms with van der Waals surface area (Å²) < 4.78 is 0. The fraction of sp³-hybridized carbons (Fsp3) is 0.0745. The summed E-state index contributed by atoms with van der Waals surface area (Å²) in [7, 11) is 0. The van der Waals surface area contributed by atoms with Crippen molar-refractivity contribution in [3.8, 4) is 11.1 Å². The van der Waals surface area contributed by atoms with Gasteiger partial charge in [0.05, 0.1) is 5.41 Å². The fourth-order valence-electron chi connectivity index (χ4n) is 15.6. The molecule has 0 heterocycles. The smallest absolute Gasteiger partial charge is 0.0557 e. The Hall–Kier alpha value is -11.4. The van der Waals surface area contributed by atoms with Gasteiger partial charge in [-0.15, -0.1) is 5.73 Å². The Morgan fingerprint density at radius 2 is 0.734 bits per heavy atom. The van der Waals surface area contributed by atoms with Crippen LogP contribution in [0.15, 0.2) is 405 Å². The Labute approximate surface area is 554 Å². The SMILES string of the molecule is C(=C(CCc1ccccc1)c1ccccc1)=C1C=C(c2ccccc2-c2cccc3ccccc23)C(C(c2ccccc2)(c2ccccc2)c2ccccc2)C(=C(c2ccccc2)c2ccccc2)C1C(c1cccc2ccccc12)C(c1ccccc1)c1ccccc1. The first-order chi connectivity index (χ1) is 46.7. The van der Waals surface area contributed by atoms with Crippen LogP contribution >= 0.6 is 0 Å². The van der Waals surface area contributed by atoms with Gasteiger partial charge in [0, 0.05) is 34.8 Å². The Morgan fingerprint density at radius 3 is 1.27 bits per heavy atom. The van der Waals surface area contributed by atoms with Crippen LogP contribution in [0.3, 0.4) is 0 Å². The number of fused-ring (bicyclic) bond motifs is 2. The third-order valence-corrected chi connectivity index (χ3v) is 19.6. The second kappa shape index (κ2) is 27.2. The molecule has 0 nitrogen and oxygen atoms in total. The van der Waals surface area contributed by atoms with Gasteiger partial charge in [0.25, 0.3) is 0 Å². The maximum Gasteiger partial charge on any atom is 0.0557 e. The van der Waals surface area contributed by atoms with Crippen LogP contribution in [0.2, 0.25) is 0 Å². The van der Waals surface area contributed by atoms with Gasteiger partial charge in [-0.3, -0.25) is 0 Å². The van der Waals surface area contributed by atoms with E-state index in [0.717, 1.165) is 40.7 Å². The summed E-state index contributed by atoms with van der Waals surface area (Å²) in [6, 6.07) is 144. The van der Waals surface area contributed by atoms with Crippen LogP contribution in [0.1, 0.15) is 79.5 Å². The first kappa shape index (κ1) is 58.9. The summed E-state index contributed by atoms with van der Waals surface area (Å²) in [4.78, 5) is 0. The maximum absolute atomic E-state index is 4.64. The van der Waals surface area contributed by atoms with Gasteiger partial charge >= 0.3 is 0 Å². The van der Waals surface area contributed by atoms with Gasteiger partial charge in [0.15, 0.2) is 0 Å². The van der Waals surface area contributed by atoms with Crippen molar-refractivity contribution in [1.82, 2.24) is 0 Å². The molecule has 448 valence electrons. The fourth-order valence-corrected chi connectivity index (χ4v) is 15.6. The van der Waals surface area contributed by atoms with Crippen molar-refractivity contribution >= 4 is 38.3 Å². The van der Waals surface area contributed by atoms with E-state index < -0.39 is 17.3 Å². The summed E-state index contributed by atoms with van der Waals surface area (Å²) in [6.45, 7) is 0. The minimum absolute atomic E-state index is 0.194. The minimum atomic E-state index is -0.924. The van der Waals surface area contributed by atoms with Crippen molar-refractivity contribution in [2.75, 3.05) is 0 Å². The highest BCUT2D eigenvalue weighted by Crippen LogP contribution is 2.64. The molecule has 1 aliphatic rings. The summed E-state index contributed by atoms with van der Waals surface area (Å²) in [5.74, 6) is -1.33. The van der Waals surface area contributed by atoms with Gasteiger partial charge in [-0.2, -0.15) is 0 Å². The first-order valence-electron chi connectivity index (χ1n) is 33.2. The van der Waals surface area contributed by atoms with Crippen molar-refractivity contribution in [2.24, 2.45) is 11.8 Å². The average molecular weight is 1200 g/mol. The van der Waals surface area contributed by atoms with Crippen LogP contribution in [0.5, 0.6) is 0 Å². The summed E-state index contributed by atoms with van der Waals surface area (Å²) >= 11 is 0. The highest BCUT2D eigenvalue weighted by Gasteiger charge is 2.54. The molecule has 14 aromatic rings. The number of hydrogen-bond acceptors (Lipinski definition) is 0. The van der Waals surface area contributed by atoms with E-state index in [4.69, 9.17) is 0 Å². The molecule has 0 radical (unpaired) electrons. The molecule has 3 unspecified atom stereocenters. The molecule has 3 atom stereocenters. The van der Waals surface area contributed by atoms with Crippen molar-refractivity contribution in [3.05, 3.63) is 466 Å². The number of rotatable bonds is 17. The topological polar surface area (TPSA) is 0 Å². The lowest BCUT2D eigenvalue weighted by molar-refractivity contribution is 0.418. The quantitative estimate of drug-likeness (QED) is 0.0630. The number of aryl methyl sites for hydroxylation is 1. The van der Waals surface area contributed by atoms with E-state index in [1.165, 1.54) is 93.9 Å². The number of allylic oxidation sites excluding steroid dienone is 4. The highest BCUT2D eigenvalue weighted by atomic mass is 14.6. The van der Waals surface area contributed by atoms with Crippen LogP contribution in [-0.2, 0) is 11.8 Å². The summed E-state index contributed by atoms with van der Waals surface area (Å²) in [6.07, 6.45) is 4.27. The molecule has 1 aliphatic carbocycles. The zero-order chi connectivity index (χ0) is 62.9. The molecule has 0 amide bonds. The largest absolute Gasteiger partial charge is 0.113 e. The molecule has 0 bridgehead atoms. The number of hydrogen-bond donors (Lipinski definition) is 0. The molecule has 0 aromatic heterocycles. The molecule has 0 aliphatic heterocycles. The zero-order valence-electron chi connectivity index (χ0n) is 52.7. The Morgan fingerprint density at radius 1 is 0.340 bits per heavy atom. The van der Waals surface area contributed by atoms with E-state index in [2.05, 4.69) is 394 Å². The van der Waals surface area contributed by atoms with Crippen LogP contribution in [0, 0.1) is 11.8 Å². The number of benzene rings is 14. The molecule has 0 saturated carbocycles. The Balaban J connectivity index is 1.24. The van der Waals surface area contributed by atoms with E-state index in [9.17, 15) is 0 Å². The predicted molar refractivity (Wildman–Crippen MR) is 396 cm³/mol. The van der Waals surface area contributed by atoms with Crippen LogP contribution in [0.25, 0.3) is 49.4 Å². The highest BCUT2D eigenvalue weighted by molar-refractivity contribution is 6.01. The van der Waals surface area contributed by atoms with Crippen LogP contribution < -0.4 is 0 Å². The minimum Gasteiger partial charge on any atom is -0.113 e. The van der Waals surface area contributed by atoms with Gasteiger partial charge in [0.2, 0.25) is 0 Å². The molecular weight excluding hydrogens is 1130 g/mol. The molecule has 94 heavy (non-hydrogen) atoms. The second-order valence-electron chi connectivity index (χ2n) is 24.9. The third-order valence-electron chi connectivity index (χ3n) is 19.6. The standard InChI is InChI=1S/C94H72/c1-10-36-68(37-11-1)64-65-76(69-38-12-2-13-39-69)66-77-67-87(85-61-33-32-60-84(85)83-62-34-50-70-40-28-30-58-81(70)83)93(94(78-52-22-7-23-53-78,79-54-24-8-25-55-79)80-56-26-9-27-57-80)92(89(74-46-18-5-19-47-74)75-48-20-6-21-49-75)90(77)91(86-63-35-51-71-41-29-31-59-82(71)86)88(72-42-14-3-15-43-72)73-44-16-4-17-45-73/h1-63,67,88,90-91,93H,64-65H2. The van der Waals surface area contributed by atoms with Crippen molar-refractivity contribution in [1.29, 1.82) is 0 Å². The molecular formula is C94H72. The van der Waals surface area contributed by atoms with Crippen molar-refractivity contribution < 1.29 is 0 Å². The van der Waals surface area contributed by atoms with Crippen LogP contribution in [-0.4, -0.2) is 0 Å². The zero-order valence-corrected chi connectivity index (χ0v) is 52.7. The lowest BCUT2D eigenvalue weighted by Gasteiger charge is -2.52. The molecule has 0 N–H and O–H groups in total. The molecule has 15 rings (SSSR count). The molecule has 0 saturated heterocycles. The summed E-state index contributed by atoms with van der Waals surface area (Å²) in [5.41, 5.74) is 25.4. The van der Waals surface area contributed by atoms with Gasteiger partial charge in [-0.1, -0.05) is 382 Å². The van der Waals surface area contributed by atoms with Gasteiger partial charge in [0.1, 0.15) is 0 Å². The van der Waals surface area contributed by atoms with Gasteiger partial charge < -0.3 is 0 Å². The van der Waals surface area contributed by atoms with Crippen LogP contribution in [0.4, 0.5) is 0 Å². The normalized spacial score (nSPS) is 14.3. The molecule has 0 fully saturated rings. The predicted octanol–water partition coefficient (Wildman–Crippen LogP) is 23.7. The lowest BCUT2D eigenvalue weighted by Crippen LogP contribution is -2.44. The monoisotopic (exact) mass is 1200 g/mol. The van der Waals surface area contributed by atoms with E-state index in [1.807, 2.05) is 0 Å². The van der Waals surface area contributed by atoms with Crippen molar-refractivity contribution in [3.63, 3.8) is 0 Å². The molecule has 0 heteroatoms. The first-order valence-corrected chi connectivity index (χ1v) is 33.2. The van der Waals surface area contributed by atoms with Gasteiger partial charge in [-0.25, -0.2) is 0 Å². The second-order valence-corrected chi connectivity index (χ2v) is 24.9. The Kier molecular flexibility index (Phi) is 17.1. The summed E-state index contributed by atoms with van der Waals surface area (Å²) in [5, 5.41) is 4.85. The van der Waals surface area contributed by atoms with E-state index in [-0.39, 0.29) is 11.8 Å². The molecule has 0 spiro atoms. The maximum atomic E-state index is 4.64. The van der Waals surface area contributed by atoms with Gasteiger partial charge in [-0.05, 0) is 130 Å².